The van der Waals surface area contributed by atoms with Gasteiger partial charge in [0.25, 0.3) is 0 Å². The van der Waals surface area contributed by atoms with E-state index >= 15 is 0 Å². The average molecular weight is 254 g/mol. The molecule has 1 unspecified atom stereocenters. The van der Waals surface area contributed by atoms with Crippen LogP contribution in [0.1, 0.15) is 20.8 Å². The first-order valence-corrected chi connectivity index (χ1v) is 5.63. The van der Waals surface area contributed by atoms with Crippen LogP contribution in [0.5, 0.6) is 0 Å². The Kier molecular flexibility index (Phi) is 3.77. The van der Waals surface area contributed by atoms with Crippen molar-refractivity contribution in [1.82, 2.24) is 0 Å². The molecule has 1 atom stereocenters. The first-order chi connectivity index (χ1) is 6.35. The van der Waals surface area contributed by atoms with Gasteiger partial charge >= 0.3 is 12.1 Å². The molecule has 0 radical (unpaired) electrons. The first-order valence-electron chi connectivity index (χ1n) is 4.02. The molecule has 0 aromatic rings. The largest absolute Gasteiger partial charge is 0.454 e. The van der Waals surface area contributed by atoms with Gasteiger partial charge in [0, 0.05) is 0 Å². The molecular formula is C7H11F5O2S. The second-order valence-corrected chi connectivity index (χ2v) is 6.23. The van der Waals surface area contributed by atoms with Crippen molar-refractivity contribution >= 4 is 9.84 Å². The summed E-state index contributed by atoms with van der Waals surface area (Å²) in [4.78, 5) is 0. The summed E-state index contributed by atoms with van der Waals surface area (Å²) < 4.78 is 83.2. The van der Waals surface area contributed by atoms with Crippen LogP contribution < -0.4 is 0 Å². The Morgan fingerprint density at radius 3 is 1.47 bits per heavy atom. The van der Waals surface area contributed by atoms with Gasteiger partial charge in [0.1, 0.15) is 5.25 Å². The third kappa shape index (κ3) is 2.59. The fourth-order valence-electron chi connectivity index (χ4n) is 0.845. The van der Waals surface area contributed by atoms with Gasteiger partial charge in [-0.05, 0) is 20.8 Å². The summed E-state index contributed by atoms with van der Waals surface area (Å²) in [5.74, 6) is -5.23. The summed E-state index contributed by atoms with van der Waals surface area (Å²) in [6.07, 6.45) is -5.85. The lowest BCUT2D eigenvalue weighted by molar-refractivity contribution is -0.280. The van der Waals surface area contributed by atoms with Gasteiger partial charge in [-0.25, -0.2) is 8.42 Å². The summed E-state index contributed by atoms with van der Waals surface area (Å²) in [5.41, 5.74) is 0. The zero-order valence-corrected chi connectivity index (χ0v) is 9.09. The Morgan fingerprint density at radius 1 is 0.933 bits per heavy atom. The van der Waals surface area contributed by atoms with Crippen LogP contribution >= 0.6 is 0 Å². The van der Waals surface area contributed by atoms with E-state index in [1.54, 1.807) is 0 Å². The van der Waals surface area contributed by atoms with Gasteiger partial charge in [0.05, 0.1) is 5.25 Å². The molecule has 0 heterocycles. The molecule has 15 heavy (non-hydrogen) atoms. The molecule has 0 aliphatic heterocycles. The Labute approximate surface area is 84.4 Å². The van der Waals surface area contributed by atoms with Crippen LogP contribution in [0.3, 0.4) is 0 Å². The van der Waals surface area contributed by atoms with Crippen molar-refractivity contribution in [3.63, 3.8) is 0 Å². The molecule has 0 rings (SSSR count). The molecule has 0 fully saturated rings. The first kappa shape index (κ1) is 14.6. The quantitative estimate of drug-likeness (QED) is 0.725. The predicted octanol–water partition coefficient (Wildman–Crippen LogP) is 2.40. The van der Waals surface area contributed by atoms with Crippen molar-refractivity contribution in [1.29, 1.82) is 0 Å². The second-order valence-electron chi connectivity index (χ2n) is 3.40. The normalized spacial score (nSPS) is 16.9. The van der Waals surface area contributed by atoms with Crippen molar-refractivity contribution in [2.24, 2.45) is 0 Å². The minimum absolute atomic E-state index is 0.364. The highest BCUT2D eigenvalue weighted by molar-refractivity contribution is 7.92. The van der Waals surface area contributed by atoms with E-state index in [0.29, 0.717) is 6.92 Å². The van der Waals surface area contributed by atoms with E-state index in [1.807, 2.05) is 0 Å². The molecule has 0 aliphatic rings. The third-order valence-electron chi connectivity index (χ3n) is 2.04. The highest BCUT2D eigenvalue weighted by Gasteiger charge is 2.64. The van der Waals surface area contributed by atoms with Gasteiger partial charge in [0.15, 0.2) is 9.84 Å². The van der Waals surface area contributed by atoms with Gasteiger partial charge in [-0.15, -0.1) is 0 Å². The van der Waals surface area contributed by atoms with E-state index in [2.05, 4.69) is 0 Å². The van der Waals surface area contributed by atoms with Gasteiger partial charge in [-0.2, -0.15) is 22.0 Å². The lowest BCUT2D eigenvalue weighted by atomic mass is 10.2. The SMILES string of the molecule is CC(C)S(=O)(=O)C(C)C(F)(F)C(F)(F)F. The van der Waals surface area contributed by atoms with E-state index < -0.39 is 32.4 Å². The zero-order chi connectivity index (χ0) is 12.7. The summed E-state index contributed by atoms with van der Waals surface area (Å²) in [5, 5.41) is -4.05. The van der Waals surface area contributed by atoms with Crippen LogP contribution in [0.25, 0.3) is 0 Å². The average Bonchev–Trinajstić information content (AvgIpc) is 2.00. The smallest absolute Gasteiger partial charge is 0.228 e. The number of hydrogen-bond acceptors (Lipinski definition) is 2. The van der Waals surface area contributed by atoms with Crippen LogP contribution in [0.15, 0.2) is 0 Å². The molecule has 0 amide bonds. The Hall–Kier alpha value is -0.400. The molecule has 0 spiro atoms. The second kappa shape index (κ2) is 3.88. The van der Waals surface area contributed by atoms with Crippen LogP contribution in [-0.2, 0) is 9.84 Å². The monoisotopic (exact) mass is 254 g/mol. The van der Waals surface area contributed by atoms with Crippen LogP contribution in [0, 0.1) is 0 Å². The van der Waals surface area contributed by atoms with Crippen LogP contribution in [0.4, 0.5) is 22.0 Å². The molecule has 0 aromatic heterocycles. The zero-order valence-electron chi connectivity index (χ0n) is 8.27. The molecule has 0 N–H and O–H groups in total. The maximum absolute atomic E-state index is 12.7. The number of rotatable bonds is 3. The number of sulfone groups is 1. The van der Waals surface area contributed by atoms with Crippen molar-refractivity contribution < 1.29 is 30.4 Å². The van der Waals surface area contributed by atoms with E-state index in [0.717, 1.165) is 13.8 Å². The van der Waals surface area contributed by atoms with Gasteiger partial charge in [-0.3, -0.25) is 0 Å². The number of hydrogen-bond donors (Lipinski definition) is 0. The third-order valence-corrected chi connectivity index (χ3v) is 4.63. The highest BCUT2D eigenvalue weighted by atomic mass is 32.2. The fourth-order valence-corrected chi connectivity index (χ4v) is 2.21. The minimum Gasteiger partial charge on any atom is -0.228 e. The maximum atomic E-state index is 12.7. The van der Waals surface area contributed by atoms with E-state index in [-0.39, 0.29) is 0 Å². The molecule has 0 aromatic carbocycles. The van der Waals surface area contributed by atoms with Crippen molar-refractivity contribution in [3.05, 3.63) is 0 Å². The molecule has 0 saturated heterocycles. The van der Waals surface area contributed by atoms with Gasteiger partial charge < -0.3 is 0 Å². The predicted molar refractivity (Wildman–Crippen MR) is 44.5 cm³/mol. The molecule has 92 valence electrons. The lowest BCUT2D eigenvalue weighted by Crippen LogP contribution is -2.50. The Morgan fingerprint density at radius 2 is 1.27 bits per heavy atom. The topological polar surface area (TPSA) is 34.1 Å². The lowest BCUT2D eigenvalue weighted by Gasteiger charge is -2.26. The molecule has 0 saturated carbocycles. The standard InChI is InChI=1S/C7H11F5O2S/c1-4(2)15(13,14)5(3)6(8,9)7(10,11)12/h4-5H,1-3H3. The molecular weight excluding hydrogens is 243 g/mol. The van der Waals surface area contributed by atoms with Gasteiger partial charge in [0.2, 0.25) is 0 Å². The fraction of sp³-hybridized carbons (Fsp3) is 1.00. The summed E-state index contributed by atoms with van der Waals surface area (Å²) in [6, 6.07) is 0. The Bertz CT molecular complexity index is 317. The van der Waals surface area contributed by atoms with E-state index in [1.165, 1.54) is 0 Å². The van der Waals surface area contributed by atoms with Crippen LogP contribution in [-0.4, -0.2) is 31.0 Å². The van der Waals surface area contributed by atoms with E-state index in [4.69, 9.17) is 0 Å². The molecule has 0 bridgehead atoms. The summed E-state index contributed by atoms with van der Waals surface area (Å²) >= 11 is 0. The van der Waals surface area contributed by atoms with Crippen molar-refractivity contribution in [2.75, 3.05) is 0 Å². The number of alkyl halides is 5. The summed E-state index contributed by atoms with van der Waals surface area (Å²) in [7, 11) is -4.49. The highest BCUT2D eigenvalue weighted by Crippen LogP contribution is 2.41. The Balaban J connectivity index is 5.29. The van der Waals surface area contributed by atoms with Crippen molar-refractivity contribution in [2.45, 2.75) is 43.4 Å². The maximum Gasteiger partial charge on any atom is 0.454 e. The molecule has 8 heteroatoms. The summed E-state index contributed by atoms with van der Waals surface area (Å²) in [6.45, 7) is 2.47. The van der Waals surface area contributed by atoms with Crippen LogP contribution in [0.2, 0.25) is 0 Å². The number of halogens is 5. The van der Waals surface area contributed by atoms with Gasteiger partial charge in [-0.1, -0.05) is 0 Å². The van der Waals surface area contributed by atoms with Crippen molar-refractivity contribution in [3.8, 4) is 0 Å². The van der Waals surface area contributed by atoms with E-state index in [9.17, 15) is 30.4 Å². The minimum atomic E-state index is -5.85. The molecule has 2 nitrogen and oxygen atoms in total. The molecule has 0 aliphatic carbocycles.